The minimum atomic E-state index is -4.27. The highest BCUT2D eigenvalue weighted by atomic mass is 19.4. The molecule has 0 aliphatic carbocycles. The van der Waals surface area contributed by atoms with Gasteiger partial charge in [0.25, 0.3) is 0 Å². The first kappa shape index (κ1) is 13.0. The summed E-state index contributed by atoms with van der Waals surface area (Å²) in [5.41, 5.74) is 1.73. The molecule has 1 aromatic carbocycles. The third kappa shape index (κ3) is 4.63. The number of rotatable bonds is 5. The molecule has 1 aromatic rings. The second-order valence-corrected chi connectivity index (χ2v) is 3.41. The maximum absolute atomic E-state index is 11.9. The largest absolute Gasteiger partial charge is 0.411 e. The summed E-state index contributed by atoms with van der Waals surface area (Å²) >= 11 is 0. The van der Waals surface area contributed by atoms with Gasteiger partial charge in [0.05, 0.1) is 6.61 Å². The Labute approximate surface area is 92.4 Å². The first-order valence-electron chi connectivity index (χ1n) is 4.89. The van der Waals surface area contributed by atoms with Crippen LogP contribution in [0.15, 0.2) is 24.3 Å². The summed E-state index contributed by atoms with van der Waals surface area (Å²) in [7, 11) is 1.79. The van der Waals surface area contributed by atoms with E-state index in [4.69, 9.17) is 0 Å². The van der Waals surface area contributed by atoms with Crippen LogP contribution in [-0.2, 0) is 17.9 Å². The van der Waals surface area contributed by atoms with Gasteiger partial charge in [-0.3, -0.25) is 0 Å². The van der Waals surface area contributed by atoms with Gasteiger partial charge in [-0.15, -0.1) is 0 Å². The molecule has 0 aliphatic rings. The van der Waals surface area contributed by atoms with Crippen LogP contribution in [0.25, 0.3) is 0 Å². The molecule has 0 radical (unpaired) electrons. The third-order valence-corrected chi connectivity index (χ3v) is 2.01. The molecule has 0 aliphatic heterocycles. The summed E-state index contributed by atoms with van der Waals surface area (Å²) in [5.74, 6) is 0. The van der Waals surface area contributed by atoms with Crippen LogP contribution in [0.1, 0.15) is 11.1 Å². The van der Waals surface area contributed by atoms with Crippen molar-refractivity contribution in [3.8, 4) is 0 Å². The number of benzene rings is 1. The molecule has 0 aromatic heterocycles. The quantitative estimate of drug-likeness (QED) is 0.843. The maximum Gasteiger partial charge on any atom is 0.411 e. The van der Waals surface area contributed by atoms with E-state index in [-0.39, 0.29) is 6.61 Å². The summed E-state index contributed by atoms with van der Waals surface area (Å²) in [4.78, 5) is 0. The van der Waals surface area contributed by atoms with Crippen molar-refractivity contribution in [3.63, 3.8) is 0 Å². The lowest BCUT2D eigenvalue weighted by Gasteiger charge is -2.11. The first-order valence-corrected chi connectivity index (χ1v) is 4.89. The van der Waals surface area contributed by atoms with Gasteiger partial charge in [-0.1, -0.05) is 24.3 Å². The Balaban J connectivity index is 2.52. The Morgan fingerprint density at radius 1 is 1.19 bits per heavy atom. The van der Waals surface area contributed by atoms with Gasteiger partial charge in [0.2, 0.25) is 0 Å². The molecule has 0 unspecified atom stereocenters. The number of hydrogen-bond donors (Lipinski definition) is 1. The molecule has 1 rings (SSSR count). The molecule has 16 heavy (non-hydrogen) atoms. The number of alkyl halides is 3. The van der Waals surface area contributed by atoms with Gasteiger partial charge in [-0.25, -0.2) is 0 Å². The Bertz CT molecular complexity index is 325. The topological polar surface area (TPSA) is 21.3 Å². The zero-order chi connectivity index (χ0) is 12.0. The molecule has 0 atom stereocenters. The average molecular weight is 233 g/mol. The van der Waals surface area contributed by atoms with E-state index in [1.54, 1.807) is 19.2 Å². The SMILES string of the molecule is CNCc1ccccc1COCC(F)(F)F. The standard InChI is InChI=1S/C11H14F3NO/c1-15-6-9-4-2-3-5-10(9)7-16-8-11(12,13)14/h2-5,15H,6-8H2,1H3. The molecule has 1 N–H and O–H groups in total. The normalized spacial score (nSPS) is 11.8. The molecule has 0 bridgehead atoms. The highest BCUT2D eigenvalue weighted by Crippen LogP contribution is 2.16. The van der Waals surface area contributed by atoms with E-state index in [2.05, 4.69) is 10.1 Å². The minimum absolute atomic E-state index is 0.0165. The lowest BCUT2D eigenvalue weighted by Crippen LogP contribution is -2.17. The van der Waals surface area contributed by atoms with E-state index in [1.807, 2.05) is 12.1 Å². The van der Waals surface area contributed by atoms with Crippen molar-refractivity contribution in [1.82, 2.24) is 5.32 Å². The van der Waals surface area contributed by atoms with Crippen LogP contribution >= 0.6 is 0 Å². The van der Waals surface area contributed by atoms with Gasteiger partial charge in [-0.2, -0.15) is 13.2 Å². The average Bonchev–Trinajstić information content (AvgIpc) is 2.19. The van der Waals surface area contributed by atoms with Crippen LogP contribution in [0.5, 0.6) is 0 Å². The Morgan fingerprint density at radius 3 is 2.38 bits per heavy atom. The highest BCUT2D eigenvalue weighted by molar-refractivity contribution is 5.26. The maximum atomic E-state index is 11.9. The number of halogens is 3. The third-order valence-electron chi connectivity index (χ3n) is 2.01. The van der Waals surface area contributed by atoms with E-state index in [0.29, 0.717) is 6.54 Å². The molecule has 0 spiro atoms. The molecule has 0 saturated heterocycles. The summed E-state index contributed by atoms with van der Waals surface area (Å²) in [6.45, 7) is -0.607. The van der Waals surface area contributed by atoms with Gasteiger partial charge in [-0.05, 0) is 18.2 Å². The van der Waals surface area contributed by atoms with E-state index in [0.717, 1.165) is 11.1 Å². The predicted molar refractivity (Wildman–Crippen MR) is 54.9 cm³/mol. The van der Waals surface area contributed by atoms with Crippen molar-refractivity contribution in [2.75, 3.05) is 13.7 Å². The number of ether oxygens (including phenoxy) is 1. The van der Waals surface area contributed by atoms with Gasteiger partial charge >= 0.3 is 6.18 Å². The minimum Gasteiger partial charge on any atom is -0.367 e. The fourth-order valence-electron chi connectivity index (χ4n) is 1.34. The molecule has 0 heterocycles. The van der Waals surface area contributed by atoms with Crippen molar-refractivity contribution in [1.29, 1.82) is 0 Å². The van der Waals surface area contributed by atoms with E-state index < -0.39 is 12.8 Å². The molecule has 0 fully saturated rings. The van der Waals surface area contributed by atoms with E-state index in [1.165, 1.54) is 0 Å². The fraction of sp³-hybridized carbons (Fsp3) is 0.455. The van der Waals surface area contributed by atoms with Crippen LogP contribution in [0.4, 0.5) is 13.2 Å². The van der Waals surface area contributed by atoms with Crippen LogP contribution in [-0.4, -0.2) is 19.8 Å². The Hall–Kier alpha value is -1.07. The van der Waals surface area contributed by atoms with Crippen molar-refractivity contribution in [3.05, 3.63) is 35.4 Å². The van der Waals surface area contributed by atoms with Gasteiger partial charge in [0.15, 0.2) is 0 Å². The Morgan fingerprint density at radius 2 is 1.81 bits per heavy atom. The van der Waals surface area contributed by atoms with Gasteiger partial charge in [0, 0.05) is 6.54 Å². The molecule has 5 heteroatoms. The van der Waals surface area contributed by atoms with E-state index in [9.17, 15) is 13.2 Å². The van der Waals surface area contributed by atoms with Crippen molar-refractivity contribution in [2.45, 2.75) is 19.3 Å². The predicted octanol–water partition coefficient (Wildman–Crippen LogP) is 2.48. The molecule has 90 valence electrons. The summed E-state index contributed by atoms with van der Waals surface area (Å²) in [6.07, 6.45) is -4.27. The summed E-state index contributed by atoms with van der Waals surface area (Å²) in [6, 6.07) is 7.26. The number of nitrogens with one attached hydrogen (secondary N) is 1. The van der Waals surface area contributed by atoms with Crippen molar-refractivity contribution >= 4 is 0 Å². The smallest absolute Gasteiger partial charge is 0.367 e. The second kappa shape index (κ2) is 5.86. The molecule has 0 saturated carbocycles. The molecule has 0 amide bonds. The summed E-state index contributed by atoms with van der Waals surface area (Å²) < 4.78 is 40.2. The zero-order valence-corrected chi connectivity index (χ0v) is 8.97. The van der Waals surface area contributed by atoms with Crippen LogP contribution in [0.2, 0.25) is 0 Å². The van der Waals surface area contributed by atoms with E-state index >= 15 is 0 Å². The van der Waals surface area contributed by atoms with Crippen molar-refractivity contribution < 1.29 is 17.9 Å². The highest BCUT2D eigenvalue weighted by Gasteiger charge is 2.27. The molecule has 2 nitrogen and oxygen atoms in total. The Kier molecular flexibility index (Phi) is 4.76. The fourth-order valence-corrected chi connectivity index (χ4v) is 1.34. The summed E-state index contributed by atoms with van der Waals surface area (Å²) in [5, 5.41) is 2.95. The van der Waals surface area contributed by atoms with Gasteiger partial charge in [0.1, 0.15) is 6.61 Å². The van der Waals surface area contributed by atoms with Crippen LogP contribution < -0.4 is 5.32 Å². The lowest BCUT2D eigenvalue weighted by atomic mass is 10.1. The van der Waals surface area contributed by atoms with Crippen molar-refractivity contribution in [2.24, 2.45) is 0 Å². The van der Waals surface area contributed by atoms with Gasteiger partial charge < -0.3 is 10.1 Å². The van der Waals surface area contributed by atoms with Crippen LogP contribution in [0, 0.1) is 0 Å². The number of hydrogen-bond acceptors (Lipinski definition) is 2. The zero-order valence-electron chi connectivity index (χ0n) is 8.97. The molecular weight excluding hydrogens is 219 g/mol. The molecular formula is C11H14F3NO. The lowest BCUT2D eigenvalue weighted by molar-refractivity contribution is -0.176. The monoisotopic (exact) mass is 233 g/mol. The van der Waals surface area contributed by atoms with Crippen LogP contribution in [0.3, 0.4) is 0 Å². The first-order chi connectivity index (χ1) is 7.53. The second-order valence-electron chi connectivity index (χ2n) is 3.41.